The molecule has 0 saturated carbocycles. The van der Waals surface area contributed by atoms with Gasteiger partial charge in [-0.3, -0.25) is 14.3 Å². The highest BCUT2D eigenvalue weighted by Crippen LogP contribution is 2.33. The van der Waals surface area contributed by atoms with Gasteiger partial charge in [0.25, 0.3) is 5.91 Å². The lowest BCUT2D eigenvalue weighted by Crippen LogP contribution is -2.38. The van der Waals surface area contributed by atoms with Crippen molar-refractivity contribution < 1.29 is 49.4 Å². The number of nitrogens with zero attached hydrogens (tertiary/aromatic N) is 2. The number of benzene rings is 2. The fourth-order valence-corrected chi connectivity index (χ4v) is 4.78. The van der Waals surface area contributed by atoms with Gasteiger partial charge in [0.1, 0.15) is 11.6 Å². The molecule has 0 aliphatic carbocycles. The number of likely N-dealkylation sites (tertiary alicyclic amines) is 1. The molecule has 1 fully saturated rings. The van der Waals surface area contributed by atoms with E-state index in [9.17, 15) is 44.7 Å². The maximum atomic E-state index is 14.7. The van der Waals surface area contributed by atoms with E-state index in [0.29, 0.717) is 12.8 Å². The Hall–Kier alpha value is -3.68. The van der Waals surface area contributed by atoms with Gasteiger partial charge in [-0.1, -0.05) is 18.2 Å². The molecular formula is C26H23F8N3O3. The largest absolute Gasteiger partial charge is 0.522 e. The summed E-state index contributed by atoms with van der Waals surface area (Å²) in [5.74, 6) is -4.34. The fraction of sp³-hybridized carbons (Fsp3) is 0.385. The minimum atomic E-state index is -5.05. The highest BCUT2D eigenvalue weighted by atomic mass is 19.4. The molecule has 2 amide bonds. The van der Waals surface area contributed by atoms with Crippen LogP contribution >= 0.6 is 0 Å². The van der Waals surface area contributed by atoms with Crippen LogP contribution in [0.3, 0.4) is 0 Å². The van der Waals surface area contributed by atoms with Crippen molar-refractivity contribution in [1.29, 1.82) is 0 Å². The zero-order valence-corrected chi connectivity index (χ0v) is 20.7. The number of carbonyl (C=O) groups excluding carboxylic acids is 2. The number of hydrogen-bond acceptors (Lipinski definition) is 3. The van der Waals surface area contributed by atoms with E-state index in [0.717, 1.165) is 12.1 Å². The second-order valence-corrected chi connectivity index (χ2v) is 9.27. The van der Waals surface area contributed by atoms with Crippen LogP contribution in [0.4, 0.5) is 35.1 Å². The minimum Gasteiger partial charge on any atom is -0.344 e. The van der Waals surface area contributed by atoms with Gasteiger partial charge in [-0.15, -0.1) is 13.2 Å². The summed E-state index contributed by atoms with van der Waals surface area (Å²) in [6, 6.07) is 7.72. The van der Waals surface area contributed by atoms with Crippen molar-refractivity contribution in [2.75, 3.05) is 19.7 Å². The molecule has 1 N–H and O–H groups in total. The van der Waals surface area contributed by atoms with Crippen molar-refractivity contribution in [3.8, 4) is 0 Å². The predicted octanol–water partition coefficient (Wildman–Crippen LogP) is 5.65. The molecule has 216 valence electrons. The van der Waals surface area contributed by atoms with E-state index in [-0.39, 0.29) is 53.1 Å². The molecule has 1 saturated heterocycles. The van der Waals surface area contributed by atoms with Gasteiger partial charge >= 0.3 is 18.4 Å². The first-order chi connectivity index (χ1) is 18.7. The van der Waals surface area contributed by atoms with Crippen LogP contribution in [0.1, 0.15) is 40.2 Å². The monoisotopic (exact) mass is 577 g/mol. The van der Waals surface area contributed by atoms with Crippen LogP contribution < -0.4 is 5.32 Å². The van der Waals surface area contributed by atoms with Crippen LogP contribution in [0.2, 0.25) is 0 Å². The van der Waals surface area contributed by atoms with Crippen LogP contribution in [-0.2, 0) is 22.6 Å². The van der Waals surface area contributed by atoms with Gasteiger partial charge in [-0.05, 0) is 48.1 Å². The van der Waals surface area contributed by atoms with Crippen LogP contribution in [-0.4, -0.2) is 53.5 Å². The molecule has 0 atom stereocenters. The highest BCUT2D eigenvalue weighted by Gasteiger charge is 2.38. The van der Waals surface area contributed by atoms with Gasteiger partial charge < -0.3 is 14.8 Å². The van der Waals surface area contributed by atoms with Gasteiger partial charge in [0.2, 0.25) is 0 Å². The molecule has 14 heteroatoms. The van der Waals surface area contributed by atoms with Crippen molar-refractivity contribution in [2.24, 2.45) is 0 Å². The van der Waals surface area contributed by atoms with E-state index in [2.05, 4.69) is 4.74 Å². The number of fused-ring (bicyclic) bond motifs is 1. The maximum Gasteiger partial charge on any atom is 0.522 e. The standard InChI is InChI=1S/C26H23F8N3O3/c27-19-5-4-15(13-35-24(39)25(29,30)31)12-17(19)16-6-8-36(9-7-16)23(38)18-14-37(10-11-40-26(32,33)34)21-3-1-2-20(28)22(18)21/h1-5,12,14,16H,6-11,13H2,(H,35,39). The molecular weight excluding hydrogens is 554 g/mol. The number of halogens is 8. The Morgan fingerprint density at radius 3 is 2.33 bits per heavy atom. The number of nitrogens with one attached hydrogen (secondary N) is 1. The zero-order chi connectivity index (χ0) is 29.2. The van der Waals surface area contributed by atoms with Crippen molar-refractivity contribution in [1.82, 2.24) is 14.8 Å². The van der Waals surface area contributed by atoms with E-state index in [1.54, 1.807) is 5.32 Å². The van der Waals surface area contributed by atoms with Crippen LogP contribution in [0.25, 0.3) is 10.9 Å². The Balaban J connectivity index is 1.46. The number of alkyl halides is 6. The maximum absolute atomic E-state index is 14.7. The lowest BCUT2D eigenvalue weighted by atomic mass is 9.88. The highest BCUT2D eigenvalue weighted by molar-refractivity contribution is 6.07. The number of ether oxygens (including phenoxy) is 1. The number of piperidine rings is 1. The summed E-state index contributed by atoms with van der Waals surface area (Å²) in [7, 11) is 0. The summed E-state index contributed by atoms with van der Waals surface area (Å²) in [6.07, 6.45) is -8.02. The molecule has 2 heterocycles. The Bertz CT molecular complexity index is 1390. The Morgan fingerprint density at radius 2 is 1.68 bits per heavy atom. The van der Waals surface area contributed by atoms with Crippen LogP contribution in [0, 0.1) is 11.6 Å². The summed E-state index contributed by atoms with van der Waals surface area (Å²) in [6.45, 7) is -1.18. The predicted molar refractivity (Wildman–Crippen MR) is 126 cm³/mol. The average Bonchev–Trinajstić information content (AvgIpc) is 3.26. The van der Waals surface area contributed by atoms with Gasteiger partial charge in [-0.25, -0.2) is 8.78 Å². The van der Waals surface area contributed by atoms with Gasteiger partial charge in [0, 0.05) is 37.8 Å². The Labute approximate surface area is 222 Å². The quantitative estimate of drug-likeness (QED) is 0.369. The second kappa shape index (κ2) is 11.4. The molecule has 1 aromatic heterocycles. The van der Waals surface area contributed by atoms with E-state index in [1.165, 1.54) is 39.9 Å². The van der Waals surface area contributed by atoms with Crippen molar-refractivity contribution in [3.63, 3.8) is 0 Å². The SMILES string of the molecule is O=C(c1cn(CCOC(F)(F)F)c2cccc(F)c12)N1CCC(c2cc(CNC(=O)C(F)(F)F)ccc2F)CC1. The zero-order valence-electron chi connectivity index (χ0n) is 20.7. The fourth-order valence-electron chi connectivity index (χ4n) is 4.78. The lowest BCUT2D eigenvalue weighted by Gasteiger charge is -2.32. The topological polar surface area (TPSA) is 63.6 Å². The lowest BCUT2D eigenvalue weighted by molar-refractivity contribution is -0.325. The number of amides is 2. The molecule has 1 aliphatic rings. The molecule has 3 aromatic rings. The smallest absolute Gasteiger partial charge is 0.344 e. The first kappa shape index (κ1) is 29.3. The molecule has 0 bridgehead atoms. The summed E-state index contributed by atoms with van der Waals surface area (Å²) in [4.78, 5) is 25.8. The van der Waals surface area contributed by atoms with Gasteiger partial charge in [0.05, 0.1) is 17.7 Å². The first-order valence-corrected chi connectivity index (χ1v) is 12.2. The van der Waals surface area contributed by atoms with Gasteiger partial charge in [-0.2, -0.15) is 13.2 Å². The molecule has 2 aromatic carbocycles. The van der Waals surface area contributed by atoms with E-state index < -0.39 is 49.1 Å². The normalized spacial score (nSPS) is 15.1. The number of carbonyl (C=O) groups is 2. The van der Waals surface area contributed by atoms with Gasteiger partial charge in [0.15, 0.2) is 0 Å². The third kappa shape index (κ3) is 6.72. The first-order valence-electron chi connectivity index (χ1n) is 12.2. The van der Waals surface area contributed by atoms with Crippen molar-refractivity contribution >= 4 is 22.7 Å². The van der Waals surface area contributed by atoms with E-state index >= 15 is 0 Å². The Kier molecular flexibility index (Phi) is 8.38. The van der Waals surface area contributed by atoms with Crippen LogP contribution in [0.5, 0.6) is 0 Å². The number of rotatable bonds is 7. The summed E-state index contributed by atoms with van der Waals surface area (Å²) in [5.41, 5.74) is 0.691. The molecule has 0 radical (unpaired) electrons. The molecule has 0 unspecified atom stereocenters. The average molecular weight is 577 g/mol. The summed E-state index contributed by atoms with van der Waals surface area (Å²) in [5, 5.41) is 1.69. The minimum absolute atomic E-state index is 0.0351. The summed E-state index contributed by atoms with van der Waals surface area (Å²) < 4.78 is 109. The summed E-state index contributed by atoms with van der Waals surface area (Å²) >= 11 is 0. The second-order valence-electron chi connectivity index (χ2n) is 9.27. The third-order valence-corrected chi connectivity index (χ3v) is 6.68. The van der Waals surface area contributed by atoms with Crippen molar-refractivity contribution in [2.45, 2.75) is 44.4 Å². The van der Waals surface area contributed by atoms with Crippen LogP contribution in [0.15, 0.2) is 42.6 Å². The molecule has 4 rings (SSSR count). The molecule has 1 aliphatic heterocycles. The number of hydrogen-bond donors (Lipinski definition) is 1. The van der Waals surface area contributed by atoms with E-state index in [4.69, 9.17) is 0 Å². The van der Waals surface area contributed by atoms with E-state index in [1.807, 2.05) is 0 Å². The molecule has 6 nitrogen and oxygen atoms in total. The third-order valence-electron chi connectivity index (χ3n) is 6.68. The number of aromatic nitrogens is 1. The molecule has 0 spiro atoms. The molecule has 40 heavy (non-hydrogen) atoms. The van der Waals surface area contributed by atoms with Crippen molar-refractivity contribution in [3.05, 3.63) is 70.9 Å². The Morgan fingerprint density at radius 1 is 0.975 bits per heavy atom.